The molecule has 0 saturated carbocycles. The number of nitrogens with zero attached hydrogens (tertiary/aromatic N) is 2. The summed E-state index contributed by atoms with van der Waals surface area (Å²) in [7, 11) is 0. The molecule has 1 rings (SSSR count). The van der Waals surface area contributed by atoms with Crippen molar-refractivity contribution in [3.8, 4) is 0 Å². The van der Waals surface area contributed by atoms with Gasteiger partial charge in [-0.25, -0.2) is 0 Å². The third kappa shape index (κ3) is 3.69. The highest BCUT2D eigenvalue weighted by Crippen LogP contribution is 2.17. The number of rotatable bonds is 7. The molecule has 18 heavy (non-hydrogen) atoms. The number of carbonyl (C=O) groups excluding carboxylic acids is 1. The maximum Gasteiger partial charge on any atom is 0.240 e. The lowest BCUT2D eigenvalue weighted by atomic mass is 10.1. The zero-order valence-electron chi connectivity index (χ0n) is 12.6. The summed E-state index contributed by atoms with van der Waals surface area (Å²) in [6.07, 6.45) is 2.42. The van der Waals surface area contributed by atoms with Crippen molar-refractivity contribution in [3.63, 3.8) is 0 Å². The van der Waals surface area contributed by atoms with Gasteiger partial charge in [0.2, 0.25) is 5.91 Å². The van der Waals surface area contributed by atoms with Crippen molar-refractivity contribution in [1.29, 1.82) is 0 Å². The Balaban J connectivity index is 2.36. The first-order chi connectivity index (χ1) is 8.51. The van der Waals surface area contributed by atoms with Crippen molar-refractivity contribution in [3.05, 3.63) is 0 Å². The number of carbonyl (C=O) groups is 1. The fourth-order valence-corrected chi connectivity index (χ4v) is 2.82. The molecule has 1 aliphatic rings. The van der Waals surface area contributed by atoms with E-state index in [0.717, 1.165) is 32.5 Å². The summed E-state index contributed by atoms with van der Waals surface area (Å²) in [5, 5.41) is 3.28. The first-order valence-electron chi connectivity index (χ1n) is 7.31. The van der Waals surface area contributed by atoms with Crippen molar-refractivity contribution >= 4 is 5.91 Å². The minimum absolute atomic E-state index is 0.0229. The molecular formula is C14H29N3O. The monoisotopic (exact) mass is 255 g/mol. The molecule has 1 saturated heterocycles. The molecule has 106 valence electrons. The predicted octanol–water partition coefficient (Wildman–Crippen LogP) is 1.66. The number of nitrogens with one attached hydrogen (secondary N) is 1. The van der Waals surface area contributed by atoms with Gasteiger partial charge in [-0.05, 0) is 53.2 Å². The number of amides is 1. The highest BCUT2D eigenvalue weighted by Gasteiger charge is 2.35. The van der Waals surface area contributed by atoms with Crippen LogP contribution in [-0.2, 0) is 4.79 Å². The van der Waals surface area contributed by atoms with Gasteiger partial charge in [0.05, 0.1) is 12.2 Å². The van der Waals surface area contributed by atoms with Crippen LogP contribution in [0.15, 0.2) is 0 Å². The van der Waals surface area contributed by atoms with Crippen LogP contribution in [0.3, 0.4) is 0 Å². The van der Waals surface area contributed by atoms with E-state index in [4.69, 9.17) is 0 Å². The van der Waals surface area contributed by atoms with Crippen molar-refractivity contribution < 1.29 is 4.79 Å². The van der Waals surface area contributed by atoms with Gasteiger partial charge in [0.1, 0.15) is 0 Å². The van der Waals surface area contributed by atoms with Crippen LogP contribution in [0.2, 0.25) is 0 Å². The van der Waals surface area contributed by atoms with E-state index < -0.39 is 0 Å². The molecule has 0 aliphatic carbocycles. The van der Waals surface area contributed by atoms with E-state index in [0.29, 0.717) is 6.04 Å². The lowest BCUT2D eigenvalue weighted by Gasteiger charge is -2.29. The van der Waals surface area contributed by atoms with Gasteiger partial charge in [0, 0.05) is 6.04 Å². The maximum atomic E-state index is 12.0. The fourth-order valence-electron chi connectivity index (χ4n) is 2.82. The fraction of sp³-hybridized carbons (Fsp3) is 0.929. The molecule has 1 N–H and O–H groups in total. The van der Waals surface area contributed by atoms with Gasteiger partial charge in [-0.1, -0.05) is 13.8 Å². The van der Waals surface area contributed by atoms with Gasteiger partial charge in [-0.15, -0.1) is 0 Å². The standard InChI is InChI=1S/C14H29N3O/c1-6-16(7-2)10-8-9-11(3)17-13(5)15-12(4)14(17)18/h11-13,15H,6-10H2,1-5H3. The highest BCUT2D eigenvalue weighted by atomic mass is 16.2. The van der Waals surface area contributed by atoms with Crippen LogP contribution in [-0.4, -0.2) is 53.6 Å². The van der Waals surface area contributed by atoms with Gasteiger partial charge in [-0.3, -0.25) is 10.1 Å². The predicted molar refractivity (Wildman–Crippen MR) is 75.4 cm³/mol. The zero-order chi connectivity index (χ0) is 13.7. The Kier molecular flexibility index (Phi) is 6.09. The summed E-state index contributed by atoms with van der Waals surface area (Å²) in [4.78, 5) is 16.5. The third-order valence-corrected chi connectivity index (χ3v) is 4.00. The van der Waals surface area contributed by atoms with Gasteiger partial charge < -0.3 is 9.80 Å². The second-order valence-electron chi connectivity index (χ2n) is 5.33. The minimum Gasteiger partial charge on any atom is -0.323 e. The quantitative estimate of drug-likeness (QED) is 0.751. The molecule has 1 fully saturated rings. The van der Waals surface area contributed by atoms with E-state index in [2.05, 4.69) is 37.9 Å². The van der Waals surface area contributed by atoms with Gasteiger partial charge in [-0.2, -0.15) is 0 Å². The average molecular weight is 255 g/mol. The van der Waals surface area contributed by atoms with E-state index in [1.807, 2.05) is 11.8 Å². The Morgan fingerprint density at radius 3 is 2.39 bits per heavy atom. The van der Waals surface area contributed by atoms with Crippen LogP contribution < -0.4 is 5.32 Å². The highest BCUT2D eigenvalue weighted by molar-refractivity contribution is 5.84. The zero-order valence-corrected chi connectivity index (χ0v) is 12.6. The number of hydrogen-bond acceptors (Lipinski definition) is 3. The molecule has 3 unspecified atom stereocenters. The molecule has 0 radical (unpaired) electrons. The van der Waals surface area contributed by atoms with E-state index in [1.54, 1.807) is 0 Å². The van der Waals surface area contributed by atoms with Crippen LogP contribution in [0.1, 0.15) is 47.5 Å². The molecule has 0 aromatic heterocycles. The maximum absolute atomic E-state index is 12.0. The topological polar surface area (TPSA) is 35.6 Å². The summed E-state index contributed by atoms with van der Waals surface area (Å²) in [5.41, 5.74) is 0. The molecule has 1 amide bonds. The second kappa shape index (κ2) is 7.10. The molecule has 4 heteroatoms. The van der Waals surface area contributed by atoms with Crippen molar-refractivity contribution in [2.45, 2.75) is 65.7 Å². The molecule has 4 nitrogen and oxygen atoms in total. The van der Waals surface area contributed by atoms with E-state index in [-0.39, 0.29) is 18.1 Å². The van der Waals surface area contributed by atoms with Crippen LogP contribution in [0, 0.1) is 0 Å². The Hall–Kier alpha value is -0.610. The van der Waals surface area contributed by atoms with Crippen LogP contribution in [0.5, 0.6) is 0 Å². The first kappa shape index (κ1) is 15.4. The summed E-state index contributed by atoms with van der Waals surface area (Å²) < 4.78 is 0. The summed E-state index contributed by atoms with van der Waals surface area (Å²) in [6.45, 7) is 13.9. The number of hydrogen-bond donors (Lipinski definition) is 1. The molecule has 0 bridgehead atoms. The summed E-state index contributed by atoms with van der Waals surface area (Å²) in [6, 6.07) is 0.311. The van der Waals surface area contributed by atoms with Crippen molar-refractivity contribution in [1.82, 2.24) is 15.1 Å². The Morgan fingerprint density at radius 1 is 1.33 bits per heavy atom. The van der Waals surface area contributed by atoms with Gasteiger partial charge in [0.15, 0.2) is 0 Å². The molecule has 0 aromatic carbocycles. The van der Waals surface area contributed by atoms with Crippen LogP contribution in [0.25, 0.3) is 0 Å². The smallest absolute Gasteiger partial charge is 0.240 e. The average Bonchev–Trinajstić information content (AvgIpc) is 2.59. The normalized spacial score (nSPS) is 26.1. The summed E-state index contributed by atoms with van der Waals surface area (Å²) >= 11 is 0. The van der Waals surface area contributed by atoms with E-state index >= 15 is 0 Å². The lowest BCUT2D eigenvalue weighted by Crippen LogP contribution is -2.41. The molecule has 1 aliphatic heterocycles. The largest absolute Gasteiger partial charge is 0.323 e. The van der Waals surface area contributed by atoms with Crippen molar-refractivity contribution in [2.75, 3.05) is 19.6 Å². The van der Waals surface area contributed by atoms with Gasteiger partial charge >= 0.3 is 0 Å². The molecule has 0 aromatic rings. The van der Waals surface area contributed by atoms with E-state index in [9.17, 15) is 4.79 Å². The lowest BCUT2D eigenvalue weighted by molar-refractivity contribution is -0.131. The van der Waals surface area contributed by atoms with E-state index in [1.165, 1.54) is 0 Å². The SMILES string of the molecule is CCN(CC)CCCC(C)N1C(=O)C(C)NC1C. The van der Waals surface area contributed by atoms with Crippen LogP contribution in [0.4, 0.5) is 0 Å². The molecular weight excluding hydrogens is 226 g/mol. The summed E-state index contributed by atoms with van der Waals surface area (Å²) in [5.74, 6) is 0.248. The van der Waals surface area contributed by atoms with Crippen LogP contribution >= 0.6 is 0 Å². The van der Waals surface area contributed by atoms with Gasteiger partial charge in [0.25, 0.3) is 0 Å². The first-order valence-corrected chi connectivity index (χ1v) is 7.31. The Bertz CT molecular complexity index is 266. The Morgan fingerprint density at radius 2 is 1.94 bits per heavy atom. The minimum atomic E-state index is -0.0229. The Labute approximate surface area is 112 Å². The second-order valence-corrected chi connectivity index (χ2v) is 5.33. The molecule has 1 heterocycles. The third-order valence-electron chi connectivity index (χ3n) is 4.00. The molecule has 3 atom stereocenters. The van der Waals surface area contributed by atoms with Crippen molar-refractivity contribution in [2.24, 2.45) is 0 Å². The molecule has 0 spiro atoms.